The molecule has 0 aliphatic carbocycles. The minimum atomic E-state index is 0.490. The normalized spacial score (nSPS) is 16.5. The van der Waals surface area contributed by atoms with Gasteiger partial charge in [-0.15, -0.1) is 11.3 Å². The van der Waals surface area contributed by atoms with E-state index in [0.717, 1.165) is 53.0 Å². The van der Waals surface area contributed by atoms with Crippen LogP contribution in [-0.4, -0.2) is 34.0 Å². The molecule has 1 aliphatic rings. The summed E-state index contributed by atoms with van der Waals surface area (Å²) in [5, 5.41) is 6.84. The Hall–Kier alpha value is -1.50. The second-order valence-corrected chi connectivity index (χ2v) is 7.99. The molecule has 0 atom stereocenters. The van der Waals surface area contributed by atoms with E-state index in [2.05, 4.69) is 71.8 Å². The summed E-state index contributed by atoms with van der Waals surface area (Å²) in [6.45, 7) is 3.26. The van der Waals surface area contributed by atoms with Crippen molar-refractivity contribution in [1.29, 1.82) is 0 Å². The number of benzene rings is 1. The molecule has 1 aromatic carbocycles. The molecule has 124 valence electrons. The first-order valence-corrected chi connectivity index (χ1v) is 9.87. The number of fused-ring (bicyclic) bond motifs is 1. The van der Waals surface area contributed by atoms with Crippen molar-refractivity contribution in [3.8, 4) is 0 Å². The lowest BCUT2D eigenvalue weighted by molar-refractivity contribution is 0.211. The number of aromatic nitrogens is 2. The SMILES string of the molecule is Brc1ccc(CN2CCC(Nc3ncnc4sccc34)CC2)cc1. The van der Waals surface area contributed by atoms with E-state index in [1.54, 1.807) is 17.7 Å². The van der Waals surface area contributed by atoms with Crippen LogP contribution in [0.5, 0.6) is 0 Å². The van der Waals surface area contributed by atoms with Gasteiger partial charge in [-0.3, -0.25) is 4.90 Å². The molecule has 3 aromatic rings. The van der Waals surface area contributed by atoms with Gasteiger partial charge in [0.2, 0.25) is 0 Å². The zero-order valence-electron chi connectivity index (χ0n) is 13.3. The van der Waals surface area contributed by atoms with Gasteiger partial charge in [0, 0.05) is 30.1 Å². The lowest BCUT2D eigenvalue weighted by Gasteiger charge is -2.32. The number of anilines is 1. The summed E-state index contributed by atoms with van der Waals surface area (Å²) in [6, 6.07) is 11.2. The Kier molecular flexibility index (Phi) is 4.78. The maximum absolute atomic E-state index is 4.43. The number of rotatable bonds is 4. The number of piperidine rings is 1. The molecule has 1 fully saturated rings. The molecule has 0 amide bonds. The van der Waals surface area contributed by atoms with Crippen molar-refractivity contribution in [2.24, 2.45) is 0 Å². The average molecular weight is 403 g/mol. The lowest BCUT2D eigenvalue weighted by atomic mass is 10.0. The van der Waals surface area contributed by atoms with Crippen molar-refractivity contribution in [2.45, 2.75) is 25.4 Å². The fraction of sp³-hybridized carbons (Fsp3) is 0.333. The highest BCUT2D eigenvalue weighted by atomic mass is 79.9. The van der Waals surface area contributed by atoms with Gasteiger partial charge in [0.05, 0.1) is 5.39 Å². The number of nitrogens with one attached hydrogen (secondary N) is 1. The molecular weight excluding hydrogens is 384 g/mol. The molecule has 0 spiro atoms. The molecular formula is C18H19BrN4S. The van der Waals surface area contributed by atoms with E-state index in [4.69, 9.17) is 0 Å². The van der Waals surface area contributed by atoms with Crippen LogP contribution in [0.15, 0.2) is 46.5 Å². The molecule has 0 bridgehead atoms. The zero-order chi connectivity index (χ0) is 16.4. The Morgan fingerprint density at radius 2 is 1.92 bits per heavy atom. The molecule has 6 heteroatoms. The van der Waals surface area contributed by atoms with E-state index >= 15 is 0 Å². The van der Waals surface area contributed by atoms with E-state index in [1.807, 2.05) is 0 Å². The smallest absolute Gasteiger partial charge is 0.138 e. The van der Waals surface area contributed by atoms with Crippen LogP contribution in [0.1, 0.15) is 18.4 Å². The number of hydrogen-bond donors (Lipinski definition) is 1. The van der Waals surface area contributed by atoms with Crippen molar-refractivity contribution in [3.05, 3.63) is 52.1 Å². The van der Waals surface area contributed by atoms with Gasteiger partial charge >= 0.3 is 0 Å². The van der Waals surface area contributed by atoms with Gasteiger partial charge in [0.1, 0.15) is 17.0 Å². The van der Waals surface area contributed by atoms with Gasteiger partial charge in [-0.2, -0.15) is 0 Å². The highest BCUT2D eigenvalue weighted by Crippen LogP contribution is 2.26. The van der Waals surface area contributed by atoms with Gasteiger partial charge in [-0.1, -0.05) is 28.1 Å². The Balaban J connectivity index is 1.34. The van der Waals surface area contributed by atoms with Gasteiger partial charge < -0.3 is 5.32 Å². The first-order chi connectivity index (χ1) is 11.8. The molecule has 0 saturated carbocycles. The van der Waals surface area contributed by atoms with Crippen LogP contribution in [0.2, 0.25) is 0 Å². The third kappa shape index (κ3) is 3.61. The number of thiophene rings is 1. The fourth-order valence-electron chi connectivity index (χ4n) is 3.18. The van der Waals surface area contributed by atoms with E-state index < -0.39 is 0 Å². The summed E-state index contributed by atoms with van der Waals surface area (Å²) < 4.78 is 1.14. The number of likely N-dealkylation sites (tertiary alicyclic amines) is 1. The first-order valence-electron chi connectivity index (χ1n) is 8.19. The van der Waals surface area contributed by atoms with Crippen LogP contribution in [-0.2, 0) is 6.54 Å². The van der Waals surface area contributed by atoms with E-state index in [0.29, 0.717) is 6.04 Å². The topological polar surface area (TPSA) is 41.0 Å². The molecule has 1 N–H and O–H groups in total. The minimum absolute atomic E-state index is 0.490. The van der Waals surface area contributed by atoms with Crippen LogP contribution < -0.4 is 5.32 Å². The standard InChI is InChI=1S/C18H19BrN4S/c19-14-3-1-13(2-4-14)11-23-8-5-15(6-9-23)22-17-16-7-10-24-18(16)21-12-20-17/h1-4,7,10,12,15H,5-6,8-9,11H2,(H,20,21,22). The zero-order valence-corrected chi connectivity index (χ0v) is 15.7. The number of hydrogen-bond acceptors (Lipinski definition) is 5. The minimum Gasteiger partial charge on any atom is -0.367 e. The highest BCUT2D eigenvalue weighted by molar-refractivity contribution is 9.10. The maximum atomic E-state index is 4.43. The molecule has 24 heavy (non-hydrogen) atoms. The summed E-state index contributed by atoms with van der Waals surface area (Å²) in [7, 11) is 0. The first kappa shape index (κ1) is 16.0. The predicted molar refractivity (Wildman–Crippen MR) is 103 cm³/mol. The Labute approximate surface area is 154 Å². The molecule has 4 rings (SSSR count). The summed E-state index contributed by atoms with van der Waals surface area (Å²) in [5.74, 6) is 0.979. The third-order valence-corrected chi connectivity index (χ3v) is 5.86. The van der Waals surface area contributed by atoms with Crippen molar-refractivity contribution in [1.82, 2.24) is 14.9 Å². The number of halogens is 1. The van der Waals surface area contributed by atoms with E-state index in [9.17, 15) is 0 Å². The molecule has 0 unspecified atom stereocenters. The quantitative estimate of drug-likeness (QED) is 0.695. The predicted octanol–water partition coefficient (Wildman–Crippen LogP) is 4.53. The van der Waals surface area contributed by atoms with Crippen molar-refractivity contribution < 1.29 is 0 Å². The number of nitrogens with zero attached hydrogens (tertiary/aromatic N) is 3. The summed E-state index contributed by atoms with van der Waals surface area (Å²) >= 11 is 5.16. The van der Waals surface area contributed by atoms with Crippen molar-refractivity contribution >= 4 is 43.3 Å². The molecule has 1 aliphatic heterocycles. The van der Waals surface area contributed by atoms with Crippen LogP contribution in [0.25, 0.3) is 10.2 Å². The summed E-state index contributed by atoms with van der Waals surface area (Å²) in [4.78, 5) is 12.3. The second-order valence-electron chi connectivity index (χ2n) is 6.18. The second kappa shape index (κ2) is 7.17. The molecule has 4 nitrogen and oxygen atoms in total. The average Bonchev–Trinajstić information content (AvgIpc) is 3.08. The molecule has 2 aromatic heterocycles. The van der Waals surface area contributed by atoms with E-state index in [-0.39, 0.29) is 0 Å². The molecule has 1 saturated heterocycles. The van der Waals surface area contributed by atoms with Gasteiger partial charge in [0.25, 0.3) is 0 Å². The molecule has 3 heterocycles. The Bertz CT molecular complexity index is 809. The summed E-state index contributed by atoms with van der Waals surface area (Å²) in [6.07, 6.45) is 3.95. The Morgan fingerprint density at radius 1 is 1.12 bits per heavy atom. The monoisotopic (exact) mass is 402 g/mol. The largest absolute Gasteiger partial charge is 0.367 e. The van der Waals surface area contributed by atoms with E-state index in [1.165, 1.54) is 5.56 Å². The van der Waals surface area contributed by atoms with Crippen molar-refractivity contribution in [3.63, 3.8) is 0 Å². The highest BCUT2D eigenvalue weighted by Gasteiger charge is 2.20. The van der Waals surface area contributed by atoms with Crippen LogP contribution in [0.3, 0.4) is 0 Å². The van der Waals surface area contributed by atoms with Gasteiger partial charge in [-0.25, -0.2) is 9.97 Å². The molecule has 0 radical (unpaired) electrons. The fourth-order valence-corrected chi connectivity index (χ4v) is 4.18. The Morgan fingerprint density at radius 3 is 2.71 bits per heavy atom. The van der Waals surface area contributed by atoms with Crippen LogP contribution >= 0.6 is 27.3 Å². The van der Waals surface area contributed by atoms with Crippen LogP contribution in [0, 0.1) is 0 Å². The maximum Gasteiger partial charge on any atom is 0.138 e. The van der Waals surface area contributed by atoms with Gasteiger partial charge in [0.15, 0.2) is 0 Å². The van der Waals surface area contributed by atoms with Crippen LogP contribution in [0.4, 0.5) is 5.82 Å². The van der Waals surface area contributed by atoms with Gasteiger partial charge in [-0.05, 0) is 42.0 Å². The summed E-state index contributed by atoms with van der Waals surface area (Å²) in [5.41, 5.74) is 1.38. The lowest BCUT2D eigenvalue weighted by Crippen LogP contribution is -2.38. The third-order valence-electron chi connectivity index (χ3n) is 4.51. The van der Waals surface area contributed by atoms with Crippen molar-refractivity contribution in [2.75, 3.05) is 18.4 Å².